The molecule has 1 aromatic heterocycles. The number of benzene rings is 2. The lowest BCUT2D eigenvalue weighted by molar-refractivity contribution is 0.0527. The van der Waals surface area contributed by atoms with Crippen molar-refractivity contribution in [3.63, 3.8) is 0 Å². The largest absolute Gasteiger partial charge is 0.338 e. The van der Waals surface area contributed by atoms with Crippen LogP contribution in [0.25, 0.3) is 11.0 Å². The minimum atomic E-state index is -0.244. The fourth-order valence-electron chi connectivity index (χ4n) is 5.07. The molecular formula is C23H26N4O2. The summed E-state index contributed by atoms with van der Waals surface area (Å²) in [6.07, 6.45) is 3.38. The number of imidazole rings is 1. The number of hydrogen-bond acceptors (Lipinski definition) is 3. The number of H-pyrrole nitrogens is 2. The SMILES string of the molecule is O=C(c1ccc2[nH]c(=O)[nH]c2c1)N1CCCC2(CCN(Cc3ccccc3)C2)C1. The normalized spacial score (nSPS) is 22.6. The lowest BCUT2D eigenvalue weighted by atomic mass is 9.79. The quantitative estimate of drug-likeness (QED) is 0.722. The predicted octanol–water partition coefficient (Wildman–Crippen LogP) is 2.98. The maximum Gasteiger partial charge on any atom is 0.323 e. The Morgan fingerprint density at radius 2 is 1.79 bits per heavy atom. The number of nitrogens with zero attached hydrogens (tertiary/aromatic N) is 2. The third-order valence-corrected chi connectivity index (χ3v) is 6.48. The summed E-state index contributed by atoms with van der Waals surface area (Å²) in [6.45, 7) is 4.75. The summed E-state index contributed by atoms with van der Waals surface area (Å²) in [5.41, 5.74) is 3.36. The van der Waals surface area contributed by atoms with E-state index in [1.807, 2.05) is 11.0 Å². The zero-order chi connectivity index (χ0) is 19.8. The second-order valence-corrected chi connectivity index (χ2v) is 8.62. The molecule has 3 aromatic rings. The molecule has 0 aliphatic carbocycles. The van der Waals surface area contributed by atoms with Gasteiger partial charge in [-0.3, -0.25) is 9.69 Å². The van der Waals surface area contributed by atoms with E-state index in [4.69, 9.17) is 0 Å². The van der Waals surface area contributed by atoms with Crippen molar-refractivity contribution in [2.75, 3.05) is 26.2 Å². The van der Waals surface area contributed by atoms with Gasteiger partial charge in [-0.2, -0.15) is 0 Å². The van der Waals surface area contributed by atoms with Crippen LogP contribution in [0, 0.1) is 5.41 Å². The molecule has 2 aliphatic rings. The van der Waals surface area contributed by atoms with Crippen LogP contribution in [0.3, 0.4) is 0 Å². The molecule has 0 bridgehead atoms. The number of piperidine rings is 1. The Balaban J connectivity index is 1.29. The second kappa shape index (κ2) is 7.19. The lowest BCUT2D eigenvalue weighted by Crippen LogP contribution is -2.47. The van der Waals surface area contributed by atoms with Gasteiger partial charge in [0.05, 0.1) is 11.0 Å². The van der Waals surface area contributed by atoms with Crippen LogP contribution in [0.1, 0.15) is 35.2 Å². The van der Waals surface area contributed by atoms with Gasteiger partial charge in [0.25, 0.3) is 5.91 Å². The number of carbonyl (C=O) groups is 1. The molecule has 2 aliphatic heterocycles. The summed E-state index contributed by atoms with van der Waals surface area (Å²) in [6, 6.07) is 16.0. The highest BCUT2D eigenvalue weighted by molar-refractivity contribution is 5.97. The molecule has 5 rings (SSSR count). The first-order valence-electron chi connectivity index (χ1n) is 10.4. The van der Waals surface area contributed by atoms with Crippen molar-refractivity contribution in [2.24, 2.45) is 5.41 Å². The maximum atomic E-state index is 13.2. The Morgan fingerprint density at radius 3 is 2.66 bits per heavy atom. The van der Waals surface area contributed by atoms with Crippen molar-refractivity contribution in [3.05, 3.63) is 70.1 Å². The van der Waals surface area contributed by atoms with Crippen LogP contribution in [0.4, 0.5) is 0 Å². The van der Waals surface area contributed by atoms with Crippen molar-refractivity contribution in [1.29, 1.82) is 0 Å². The fourth-order valence-corrected chi connectivity index (χ4v) is 5.07. The molecule has 0 saturated carbocycles. The number of rotatable bonds is 3. The Labute approximate surface area is 169 Å². The molecule has 6 nitrogen and oxygen atoms in total. The number of fused-ring (bicyclic) bond motifs is 1. The molecule has 29 heavy (non-hydrogen) atoms. The topological polar surface area (TPSA) is 72.2 Å². The number of nitrogens with one attached hydrogen (secondary N) is 2. The zero-order valence-electron chi connectivity index (χ0n) is 16.5. The van der Waals surface area contributed by atoms with Crippen LogP contribution in [-0.2, 0) is 6.54 Å². The summed E-state index contributed by atoms with van der Waals surface area (Å²) in [7, 11) is 0. The molecule has 1 spiro atoms. The van der Waals surface area contributed by atoms with E-state index in [0.717, 1.165) is 51.1 Å². The Kier molecular flexibility index (Phi) is 4.51. The molecule has 2 N–H and O–H groups in total. The molecule has 3 heterocycles. The van der Waals surface area contributed by atoms with Crippen molar-refractivity contribution < 1.29 is 4.79 Å². The van der Waals surface area contributed by atoms with Crippen molar-refractivity contribution in [1.82, 2.24) is 19.8 Å². The molecule has 2 fully saturated rings. The number of likely N-dealkylation sites (tertiary alicyclic amines) is 2. The summed E-state index contributed by atoms with van der Waals surface area (Å²) in [4.78, 5) is 34.7. The molecule has 1 atom stereocenters. The standard InChI is InChI=1S/C23H26N4O2/c28-21(18-7-8-19-20(13-18)25-22(29)24-19)27-11-4-9-23(16-27)10-12-26(15-23)14-17-5-2-1-3-6-17/h1-3,5-8,13H,4,9-12,14-16H2,(H2,24,25,29). The molecule has 150 valence electrons. The highest BCUT2D eigenvalue weighted by atomic mass is 16.2. The molecule has 6 heteroatoms. The second-order valence-electron chi connectivity index (χ2n) is 8.62. The van der Waals surface area contributed by atoms with Crippen LogP contribution in [0.15, 0.2) is 53.3 Å². The number of carbonyl (C=O) groups excluding carboxylic acids is 1. The molecule has 1 amide bonds. The van der Waals surface area contributed by atoms with Gasteiger partial charge in [-0.15, -0.1) is 0 Å². The van der Waals surface area contributed by atoms with Gasteiger partial charge in [0, 0.05) is 37.2 Å². The van der Waals surface area contributed by atoms with Crippen LogP contribution < -0.4 is 5.69 Å². The van der Waals surface area contributed by atoms with E-state index >= 15 is 0 Å². The van der Waals surface area contributed by atoms with Gasteiger partial charge in [0.1, 0.15) is 0 Å². The van der Waals surface area contributed by atoms with Crippen molar-refractivity contribution >= 4 is 16.9 Å². The van der Waals surface area contributed by atoms with E-state index in [0.29, 0.717) is 11.1 Å². The first-order valence-corrected chi connectivity index (χ1v) is 10.4. The molecular weight excluding hydrogens is 364 g/mol. The third kappa shape index (κ3) is 3.60. The van der Waals surface area contributed by atoms with Gasteiger partial charge in [0.2, 0.25) is 0 Å². The first kappa shape index (κ1) is 18.2. The number of hydrogen-bond donors (Lipinski definition) is 2. The summed E-state index contributed by atoms with van der Waals surface area (Å²) in [5.74, 6) is 0.0644. The first-order chi connectivity index (χ1) is 14.1. The highest BCUT2D eigenvalue weighted by Crippen LogP contribution is 2.39. The fraction of sp³-hybridized carbons (Fsp3) is 0.391. The van der Waals surface area contributed by atoms with Crippen LogP contribution in [0.2, 0.25) is 0 Å². The van der Waals surface area contributed by atoms with Gasteiger partial charge in [0.15, 0.2) is 0 Å². The van der Waals surface area contributed by atoms with Gasteiger partial charge >= 0.3 is 5.69 Å². The van der Waals surface area contributed by atoms with Gasteiger partial charge in [-0.25, -0.2) is 4.79 Å². The number of amides is 1. The lowest BCUT2D eigenvalue weighted by Gasteiger charge is -2.40. The summed E-state index contributed by atoms with van der Waals surface area (Å²) in [5, 5.41) is 0. The van der Waals surface area contributed by atoms with Crippen LogP contribution >= 0.6 is 0 Å². The average Bonchev–Trinajstić information content (AvgIpc) is 3.29. The van der Waals surface area contributed by atoms with Gasteiger partial charge < -0.3 is 14.9 Å². The van der Waals surface area contributed by atoms with Crippen LogP contribution in [-0.4, -0.2) is 51.9 Å². The Morgan fingerprint density at radius 1 is 0.966 bits per heavy atom. The summed E-state index contributed by atoms with van der Waals surface area (Å²) >= 11 is 0. The van der Waals surface area contributed by atoms with E-state index in [1.165, 1.54) is 12.0 Å². The van der Waals surface area contributed by atoms with E-state index in [-0.39, 0.29) is 17.0 Å². The monoisotopic (exact) mass is 390 g/mol. The molecule has 2 aromatic carbocycles. The third-order valence-electron chi connectivity index (χ3n) is 6.48. The maximum absolute atomic E-state index is 13.2. The Hall–Kier alpha value is -2.86. The molecule has 0 radical (unpaired) electrons. The highest BCUT2D eigenvalue weighted by Gasteiger charge is 2.42. The van der Waals surface area contributed by atoms with E-state index in [2.05, 4.69) is 45.2 Å². The van der Waals surface area contributed by atoms with E-state index < -0.39 is 0 Å². The predicted molar refractivity (Wildman–Crippen MR) is 113 cm³/mol. The smallest absolute Gasteiger partial charge is 0.323 e. The summed E-state index contributed by atoms with van der Waals surface area (Å²) < 4.78 is 0. The van der Waals surface area contributed by atoms with E-state index in [1.54, 1.807) is 12.1 Å². The minimum absolute atomic E-state index is 0.0644. The number of aromatic nitrogens is 2. The molecule has 2 saturated heterocycles. The zero-order valence-corrected chi connectivity index (χ0v) is 16.5. The van der Waals surface area contributed by atoms with Crippen molar-refractivity contribution in [2.45, 2.75) is 25.8 Å². The van der Waals surface area contributed by atoms with Gasteiger partial charge in [-0.05, 0) is 49.6 Å². The number of aromatic amines is 2. The molecule has 1 unspecified atom stereocenters. The van der Waals surface area contributed by atoms with Crippen LogP contribution in [0.5, 0.6) is 0 Å². The average molecular weight is 390 g/mol. The Bertz CT molecular complexity index is 1090. The minimum Gasteiger partial charge on any atom is -0.338 e. The van der Waals surface area contributed by atoms with Crippen molar-refractivity contribution in [3.8, 4) is 0 Å². The van der Waals surface area contributed by atoms with Gasteiger partial charge in [-0.1, -0.05) is 30.3 Å². The van der Waals surface area contributed by atoms with E-state index in [9.17, 15) is 9.59 Å².